The molecule has 0 fully saturated rings. The fourth-order valence-corrected chi connectivity index (χ4v) is 3.30. The largest absolute Gasteiger partial charge is 0.494 e. The van der Waals surface area contributed by atoms with Crippen molar-refractivity contribution in [2.45, 2.75) is 13.0 Å². The molecule has 0 atom stereocenters. The average Bonchev–Trinajstić information content (AvgIpc) is 2.67. The molecule has 0 aliphatic carbocycles. The number of nitrogens with zero attached hydrogens (tertiary/aromatic N) is 2. The minimum absolute atomic E-state index is 0.0518. The lowest BCUT2D eigenvalue weighted by Crippen LogP contribution is -2.08. The molecule has 1 heterocycles. The summed E-state index contributed by atoms with van der Waals surface area (Å²) in [6, 6.07) is 7.97. The van der Waals surface area contributed by atoms with Gasteiger partial charge in [0.2, 0.25) is 5.88 Å². The van der Waals surface area contributed by atoms with Crippen LogP contribution in [-0.2, 0) is 17.8 Å². The van der Waals surface area contributed by atoms with Crippen LogP contribution in [0.1, 0.15) is 10.4 Å². The highest BCUT2D eigenvalue weighted by Gasteiger charge is 2.14. The van der Waals surface area contributed by atoms with Crippen LogP contribution >= 0.6 is 23.6 Å². The standard InChI is InChI=1S/C14H16N2O3S2/c1-15(2)10-5-3-9(4-6-10)7-11-13(19)16(8-12(17)18)14(20)21-11/h3-6,19H,7-8H2,1-2H3,(H,17,18). The van der Waals surface area contributed by atoms with Gasteiger partial charge in [0.1, 0.15) is 6.54 Å². The number of carbonyl (C=O) groups is 1. The van der Waals surface area contributed by atoms with Crippen LogP contribution < -0.4 is 4.90 Å². The highest BCUT2D eigenvalue weighted by atomic mass is 32.1. The van der Waals surface area contributed by atoms with Gasteiger partial charge in [0.15, 0.2) is 3.95 Å². The molecule has 0 amide bonds. The molecule has 2 N–H and O–H groups in total. The molecule has 1 aromatic carbocycles. The van der Waals surface area contributed by atoms with E-state index in [0.717, 1.165) is 11.3 Å². The van der Waals surface area contributed by atoms with Gasteiger partial charge in [-0.05, 0) is 29.9 Å². The van der Waals surface area contributed by atoms with Crippen LogP contribution in [0.3, 0.4) is 0 Å². The van der Waals surface area contributed by atoms with E-state index >= 15 is 0 Å². The second kappa shape index (κ2) is 6.28. The zero-order valence-electron chi connectivity index (χ0n) is 11.7. The van der Waals surface area contributed by atoms with Crippen molar-refractivity contribution in [1.82, 2.24) is 4.57 Å². The smallest absolute Gasteiger partial charge is 0.323 e. The molecule has 2 rings (SSSR count). The molecule has 1 aromatic heterocycles. The number of thiazole rings is 1. The molecule has 5 nitrogen and oxygen atoms in total. The molecule has 0 saturated carbocycles. The predicted octanol–water partition coefficient (Wildman–Crippen LogP) is 2.73. The molecule has 2 aromatic rings. The lowest BCUT2D eigenvalue weighted by molar-refractivity contribution is -0.137. The Labute approximate surface area is 131 Å². The van der Waals surface area contributed by atoms with E-state index in [2.05, 4.69) is 0 Å². The molecular formula is C14H16N2O3S2. The maximum atomic E-state index is 10.8. The average molecular weight is 324 g/mol. The summed E-state index contributed by atoms with van der Waals surface area (Å²) in [6.07, 6.45) is 0.528. The van der Waals surface area contributed by atoms with E-state index < -0.39 is 5.97 Å². The van der Waals surface area contributed by atoms with E-state index in [4.69, 9.17) is 17.3 Å². The Balaban J connectivity index is 2.24. The van der Waals surface area contributed by atoms with Gasteiger partial charge in [-0.2, -0.15) is 0 Å². The van der Waals surface area contributed by atoms with Gasteiger partial charge in [0.05, 0.1) is 4.88 Å². The lowest BCUT2D eigenvalue weighted by atomic mass is 10.1. The number of hydrogen-bond acceptors (Lipinski definition) is 5. The first-order valence-corrected chi connectivity index (χ1v) is 7.50. The third-order valence-electron chi connectivity index (χ3n) is 3.05. The van der Waals surface area contributed by atoms with Crippen molar-refractivity contribution >= 4 is 35.2 Å². The van der Waals surface area contributed by atoms with Crippen LogP contribution in [0.15, 0.2) is 24.3 Å². The monoisotopic (exact) mass is 324 g/mol. The fourth-order valence-electron chi connectivity index (χ4n) is 1.93. The van der Waals surface area contributed by atoms with Gasteiger partial charge in [-0.25, -0.2) is 0 Å². The van der Waals surface area contributed by atoms with E-state index in [1.165, 1.54) is 15.9 Å². The number of rotatable bonds is 5. The van der Waals surface area contributed by atoms with Crippen molar-refractivity contribution in [2.24, 2.45) is 0 Å². The van der Waals surface area contributed by atoms with E-state index in [0.29, 0.717) is 15.3 Å². The Morgan fingerprint density at radius 2 is 1.95 bits per heavy atom. The van der Waals surface area contributed by atoms with Crippen molar-refractivity contribution in [1.29, 1.82) is 0 Å². The van der Waals surface area contributed by atoms with Crippen LogP contribution in [0, 0.1) is 3.95 Å². The van der Waals surface area contributed by atoms with E-state index in [1.807, 2.05) is 43.3 Å². The van der Waals surface area contributed by atoms with Gasteiger partial charge in [-0.15, -0.1) is 11.3 Å². The van der Waals surface area contributed by atoms with Gasteiger partial charge in [-0.3, -0.25) is 9.36 Å². The number of aromatic nitrogens is 1. The SMILES string of the molecule is CN(C)c1ccc(Cc2sc(=S)n(CC(=O)O)c2O)cc1. The summed E-state index contributed by atoms with van der Waals surface area (Å²) in [4.78, 5) is 13.5. The van der Waals surface area contributed by atoms with Crippen molar-refractivity contribution in [2.75, 3.05) is 19.0 Å². The maximum absolute atomic E-state index is 10.8. The number of hydrogen-bond donors (Lipinski definition) is 2. The van der Waals surface area contributed by atoms with Crippen LogP contribution in [0.4, 0.5) is 5.69 Å². The summed E-state index contributed by atoms with van der Waals surface area (Å²) in [6.45, 7) is -0.319. The van der Waals surface area contributed by atoms with Crippen molar-refractivity contribution in [3.05, 3.63) is 38.7 Å². The second-order valence-electron chi connectivity index (χ2n) is 4.83. The topological polar surface area (TPSA) is 65.7 Å². The number of anilines is 1. The molecule has 21 heavy (non-hydrogen) atoms. The summed E-state index contributed by atoms with van der Waals surface area (Å²) in [5, 5.41) is 18.9. The molecule has 0 aliphatic heterocycles. The Morgan fingerprint density at radius 3 is 2.48 bits per heavy atom. The Hall–Kier alpha value is -1.86. The van der Waals surface area contributed by atoms with Crippen molar-refractivity contribution in [3.63, 3.8) is 0 Å². The summed E-state index contributed by atoms with van der Waals surface area (Å²) in [5.74, 6) is -1.08. The van der Waals surface area contributed by atoms with Crippen LogP contribution in [-0.4, -0.2) is 34.8 Å². The van der Waals surface area contributed by atoms with Gasteiger partial charge in [0, 0.05) is 26.2 Å². The van der Waals surface area contributed by atoms with E-state index in [-0.39, 0.29) is 12.4 Å². The Kier molecular flexibility index (Phi) is 4.64. The quantitative estimate of drug-likeness (QED) is 0.828. The highest BCUT2D eigenvalue weighted by molar-refractivity contribution is 7.73. The molecule has 0 bridgehead atoms. The Bertz CT molecular complexity index is 702. The minimum atomic E-state index is -1.03. The molecule has 0 unspecified atom stereocenters. The van der Waals surface area contributed by atoms with Crippen molar-refractivity contribution in [3.8, 4) is 5.88 Å². The summed E-state index contributed by atoms with van der Waals surface area (Å²) >= 11 is 6.34. The molecule has 0 spiro atoms. The zero-order valence-corrected chi connectivity index (χ0v) is 13.4. The molecule has 7 heteroatoms. The normalized spacial score (nSPS) is 10.6. The van der Waals surface area contributed by atoms with Crippen LogP contribution in [0.5, 0.6) is 5.88 Å². The van der Waals surface area contributed by atoms with E-state index in [1.54, 1.807) is 0 Å². The Morgan fingerprint density at radius 1 is 1.33 bits per heavy atom. The maximum Gasteiger partial charge on any atom is 0.323 e. The predicted molar refractivity (Wildman–Crippen MR) is 86.0 cm³/mol. The van der Waals surface area contributed by atoms with Crippen molar-refractivity contribution < 1.29 is 15.0 Å². The van der Waals surface area contributed by atoms with Gasteiger partial charge >= 0.3 is 5.97 Å². The molecule has 112 valence electrons. The minimum Gasteiger partial charge on any atom is -0.494 e. The van der Waals surface area contributed by atoms with E-state index in [9.17, 15) is 9.90 Å². The van der Waals surface area contributed by atoms with Gasteiger partial charge in [-0.1, -0.05) is 12.1 Å². The molecule has 0 radical (unpaired) electrons. The first-order valence-electron chi connectivity index (χ1n) is 6.28. The number of aliphatic carboxylic acids is 1. The van der Waals surface area contributed by atoms with Gasteiger partial charge < -0.3 is 15.1 Å². The first-order chi connectivity index (χ1) is 9.88. The number of carboxylic acid groups (broad SMARTS) is 1. The molecular weight excluding hydrogens is 308 g/mol. The lowest BCUT2D eigenvalue weighted by Gasteiger charge is -2.12. The third kappa shape index (κ3) is 3.62. The van der Waals surface area contributed by atoms with Crippen LogP contribution in [0.25, 0.3) is 0 Å². The summed E-state index contributed by atoms with van der Waals surface area (Å²) < 4.78 is 1.61. The van der Waals surface area contributed by atoms with Crippen LogP contribution in [0.2, 0.25) is 0 Å². The molecule has 0 saturated heterocycles. The first kappa shape index (κ1) is 15.5. The fraction of sp³-hybridized carbons (Fsp3) is 0.286. The summed E-state index contributed by atoms with van der Waals surface area (Å²) in [7, 11) is 3.94. The number of aromatic hydroxyl groups is 1. The molecule has 0 aliphatic rings. The highest BCUT2D eigenvalue weighted by Crippen LogP contribution is 2.28. The summed E-state index contributed by atoms with van der Waals surface area (Å²) in [5.41, 5.74) is 2.13. The third-order valence-corrected chi connectivity index (χ3v) is 4.49. The number of benzene rings is 1. The number of carboxylic acids is 1. The zero-order chi connectivity index (χ0) is 15.6. The van der Waals surface area contributed by atoms with Gasteiger partial charge in [0.25, 0.3) is 0 Å². The second-order valence-corrected chi connectivity index (χ2v) is 6.56.